The number of rotatable bonds is 11. The van der Waals surface area contributed by atoms with Gasteiger partial charge in [0.25, 0.3) is 5.91 Å². The van der Waals surface area contributed by atoms with Crippen LogP contribution in [0.3, 0.4) is 0 Å². The van der Waals surface area contributed by atoms with Crippen LogP contribution in [0.15, 0.2) is 78.9 Å². The van der Waals surface area contributed by atoms with Crippen LogP contribution in [0.25, 0.3) is 11.1 Å². The molecular weight excluding hydrogens is 450 g/mol. The van der Waals surface area contributed by atoms with Crippen LogP contribution in [0.5, 0.6) is 0 Å². The number of amides is 1. The van der Waals surface area contributed by atoms with E-state index >= 15 is 0 Å². The Morgan fingerprint density at radius 1 is 0.818 bits per heavy atom. The number of nitrogens with one attached hydrogen (secondary N) is 1. The molecule has 1 amide bonds. The summed E-state index contributed by atoms with van der Waals surface area (Å²) in [6.07, 6.45) is 3.95. The number of benzene rings is 3. The number of sulfonamides is 1. The first-order chi connectivity index (χ1) is 16.0. The van der Waals surface area contributed by atoms with E-state index in [-0.39, 0.29) is 5.75 Å². The van der Waals surface area contributed by atoms with Crippen molar-refractivity contribution < 1.29 is 13.2 Å². The fourth-order valence-electron chi connectivity index (χ4n) is 3.68. The van der Waals surface area contributed by atoms with Gasteiger partial charge in [-0.1, -0.05) is 79.6 Å². The fourth-order valence-corrected chi connectivity index (χ4v) is 5.69. The largest absolute Gasteiger partial charge is 0.268 e. The van der Waals surface area contributed by atoms with Gasteiger partial charge in [-0.15, -0.1) is 0 Å². The maximum atomic E-state index is 12.3. The smallest absolute Gasteiger partial charge is 0.264 e. The highest BCUT2D eigenvalue weighted by Gasteiger charge is 2.22. The van der Waals surface area contributed by atoms with Crippen LogP contribution < -0.4 is 4.72 Å². The predicted molar refractivity (Wildman–Crippen MR) is 137 cm³/mol. The van der Waals surface area contributed by atoms with E-state index in [4.69, 9.17) is 0 Å². The summed E-state index contributed by atoms with van der Waals surface area (Å²) in [6.45, 7) is 0. The van der Waals surface area contributed by atoms with Crippen molar-refractivity contribution in [1.29, 1.82) is 0 Å². The summed E-state index contributed by atoms with van der Waals surface area (Å²) >= 11 is 1.81. The van der Waals surface area contributed by atoms with E-state index in [0.717, 1.165) is 23.5 Å². The van der Waals surface area contributed by atoms with Crippen molar-refractivity contribution in [1.82, 2.24) is 4.72 Å². The van der Waals surface area contributed by atoms with E-state index in [1.807, 2.05) is 30.3 Å². The van der Waals surface area contributed by atoms with Gasteiger partial charge in [0.2, 0.25) is 10.0 Å². The molecule has 4 nitrogen and oxygen atoms in total. The van der Waals surface area contributed by atoms with Crippen molar-refractivity contribution in [3.63, 3.8) is 0 Å². The van der Waals surface area contributed by atoms with Gasteiger partial charge >= 0.3 is 0 Å². The molecule has 0 bridgehead atoms. The Morgan fingerprint density at radius 3 is 2.00 bits per heavy atom. The third-order valence-electron chi connectivity index (χ3n) is 5.79. The quantitative estimate of drug-likeness (QED) is 0.364. The van der Waals surface area contributed by atoms with E-state index < -0.39 is 15.9 Å². The second-order valence-electron chi connectivity index (χ2n) is 8.59. The minimum Gasteiger partial charge on any atom is -0.268 e. The van der Waals surface area contributed by atoms with Gasteiger partial charge in [0.15, 0.2) is 0 Å². The van der Waals surface area contributed by atoms with E-state index in [2.05, 4.69) is 41.1 Å². The van der Waals surface area contributed by atoms with Crippen molar-refractivity contribution in [3.8, 4) is 11.1 Å². The molecule has 0 aliphatic heterocycles. The normalized spacial score (nSPS) is 13.6. The molecule has 4 rings (SSSR count). The fraction of sp³-hybridized carbons (Fsp3) is 0.296. The van der Waals surface area contributed by atoms with E-state index in [0.29, 0.717) is 17.9 Å². The molecule has 0 radical (unpaired) electrons. The minimum absolute atomic E-state index is 0.0102. The Kier molecular flexibility index (Phi) is 7.89. The standard InChI is InChI=1S/C27H29NO3S2/c29-27(28-33(30,31)18-4-5-21-8-9-21)26-16-12-23(13-17-26)20-32-19-22-10-14-25(15-11-22)24-6-2-1-3-7-24/h1-3,6-7,10-17,21H,4-5,8-9,18-20H2,(H,28,29). The molecule has 0 heterocycles. The molecule has 1 aliphatic carbocycles. The average molecular weight is 480 g/mol. The highest BCUT2D eigenvalue weighted by molar-refractivity contribution is 7.97. The average Bonchev–Trinajstić information content (AvgIpc) is 3.64. The lowest BCUT2D eigenvalue weighted by Crippen LogP contribution is -2.32. The van der Waals surface area contributed by atoms with E-state index in [9.17, 15) is 13.2 Å². The zero-order valence-electron chi connectivity index (χ0n) is 18.6. The third-order valence-corrected chi connectivity index (χ3v) is 8.18. The lowest BCUT2D eigenvalue weighted by atomic mass is 10.0. The van der Waals surface area contributed by atoms with Crippen molar-refractivity contribution in [2.24, 2.45) is 5.92 Å². The highest BCUT2D eigenvalue weighted by Crippen LogP contribution is 2.33. The first-order valence-corrected chi connectivity index (χ1v) is 14.1. The molecular formula is C27H29NO3S2. The summed E-state index contributed by atoms with van der Waals surface area (Å²) in [6, 6.07) is 26.1. The zero-order chi connectivity index (χ0) is 23.1. The van der Waals surface area contributed by atoms with Crippen molar-refractivity contribution >= 4 is 27.7 Å². The molecule has 1 saturated carbocycles. The van der Waals surface area contributed by atoms with Crippen LogP contribution in [-0.2, 0) is 21.5 Å². The molecule has 0 atom stereocenters. The second-order valence-corrected chi connectivity index (χ2v) is 11.4. The van der Waals surface area contributed by atoms with Crippen molar-refractivity contribution in [2.75, 3.05) is 5.75 Å². The number of hydrogen-bond acceptors (Lipinski definition) is 4. The molecule has 3 aromatic rings. The highest BCUT2D eigenvalue weighted by atomic mass is 32.2. The molecule has 0 aromatic heterocycles. The Balaban J connectivity index is 1.22. The SMILES string of the molecule is O=C(NS(=O)(=O)CCCC1CC1)c1ccc(CSCc2ccc(-c3ccccc3)cc2)cc1. The number of carbonyl (C=O) groups excluding carboxylic acids is 1. The van der Waals surface area contributed by atoms with Crippen LogP contribution in [0.1, 0.15) is 47.2 Å². The molecule has 3 aromatic carbocycles. The lowest BCUT2D eigenvalue weighted by molar-refractivity contribution is 0.0981. The van der Waals surface area contributed by atoms with Crippen LogP contribution in [0.2, 0.25) is 0 Å². The van der Waals surface area contributed by atoms with Gasteiger partial charge in [-0.3, -0.25) is 4.79 Å². The van der Waals surface area contributed by atoms with Gasteiger partial charge in [-0.05, 0) is 53.1 Å². The summed E-state index contributed by atoms with van der Waals surface area (Å²) < 4.78 is 26.4. The monoisotopic (exact) mass is 479 g/mol. The third kappa shape index (κ3) is 7.47. The van der Waals surface area contributed by atoms with Crippen molar-refractivity contribution in [3.05, 3.63) is 95.6 Å². The van der Waals surface area contributed by atoms with Crippen LogP contribution >= 0.6 is 11.8 Å². The molecule has 0 spiro atoms. The molecule has 0 unspecified atom stereocenters. The zero-order valence-corrected chi connectivity index (χ0v) is 20.2. The lowest BCUT2D eigenvalue weighted by Gasteiger charge is -2.08. The second kappa shape index (κ2) is 11.0. The molecule has 1 aliphatic rings. The molecule has 6 heteroatoms. The Morgan fingerprint density at radius 2 is 1.39 bits per heavy atom. The summed E-state index contributed by atoms with van der Waals surface area (Å²) in [7, 11) is -3.58. The van der Waals surface area contributed by atoms with Crippen molar-refractivity contribution in [2.45, 2.75) is 37.2 Å². The van der Waals surface area contributed by atoms with Gasteiger partial charge < -0.3 is 0 Å². The summed E-state index contributed by atoms with van der Waals surface area (Å²) in [5, 5.41) is 0. The van der Waals surface area contributed by atoms with Gasteiger partial charge in [0.1, 0.15) is 0 Å². The van der Waals surface area contributed by atoms with Crippen LogP contribution in [0.4, 0.5) is 0 Å². The Labute approximate surface area is 200 Å². The number of hydrogen-bond donors (Lipinski definition) is 1. The van der Waals surface area contributed by atoms with Crippen LogP contribution in [-0.4, -0.2) is 20.1 Å². The summed E-state index contributed by atoms with van der Waals surface area (Å²) in [4.78, 5) is 12.3. The minimum atomic E-state index is -3.58. The van der Waals surface area contributed by atoms with E-state index in [1.54, 1.807) is 23.9 Å². The van der Waals surface area contributed by atoms with Gasteiger partial charge in [0, 0.05) is 17.1 Å². The maximum absolute atomic E-state index is 12.3. The van der Waals surface area contributed by atoms with E-state index in [1.165, 1.54) is 29.5 Å². The first kappa shape index (κ1) is 23.6. The Bertz CT molecular complexity index is 1150. The summed E-state index contributed by atoms with van der Waals surface area (Å²) in [5.74, 6) is 1.86. The Hall–Kier alpha value is -2.57. The number of carbonyl (C=O) groups is 1. The van der Waals surface area contributed by atoms with Crippen LogP contribution in [0, 0.1) is 5.92 Å². The first-order valence-electron chi connectivity index (χ1n) is 11.3. The molecule has 1 fully saturated rings. The molecule has 172 valence electrons. The molecule has 33 heavy (non-hydrogen) atoms. The molecule has 1 N–H and O–H groups in total. The van der Waals surface area contributed by atoms with Gasteiger partial charge in [0.05, 0.1) is 5.75 Å². The van der Waals surface area contributed by atoms with Gasteiger partial charge in [-0.2, -0.15) is 11.8 Å². The van der Waals surface area contributed by atoms with Gasteiger partial charge in [-0.25, -0.2) is 13.1 Å². The molecule has 0 saturated heterocycles. The maximum Gasteiger partial charge on any atom is 0.264 e. The topological polar surface area (TPSA) is 63.2 Å². The summed E-state index contributed by atoms with van der Waals surface area (Å²) in [5.41, 5.74) is 5.16. The number of thioether (sulfide) groups is 1. The predicted octanol–water partition coefficient (Wildman–Crippen LogP) is 6.04.